The molecule has 0 spiro atoms. The van der Waals surface area contributed by atoms with E-state index in [4.69, 9.17) is 120 Å². The van der Waals surface area contributed by atoms with Crippen molar-refractivity contribution in [2.24, 2.45) is 0 Å². The average Bonchev–Trinajstić information content (AvgIpc) is 1.62. The number of likely N-dealkylation sites (N-methyl/N-ethyl adjacent to an activating group) is 4. The van der Waals surface area contributed by atoms with Crippen LogP contribution in [-0.4, -0.2) is 309 Å². The summed E-state index contributed by atoms with van der Waals surface area (Å²) in [5.74, 6) is 3.19. The minimum absolute atomic E-state index is 0.0253. The highest BCUT2D eigenvalue weighted by atomic mass is 127. The SMILES string of the molecule is CC1(C)OB(c2ccc(OC3CCOCC3)c(C#N)c2)OC1(C)C.COc1cc(C(=O)N(C)CCO)ncc1-c1cc2nccc(-c3ccc(OC4CCOCC4)c(C#N)c3)c2o1.COc1cc(C(=O)N(C)CCO)ncc1-c1cc2nccc(Cl)c2o1.COc1cc(C(=O)N(C)CCO)ncc1B(O)O.COc1cc(C(=O)N(C)CCO)ncc1Br.COc1cc(OC=O)ncc1Br.Clc1ccnc2cc(I)oc12.[2H][B]P. The predicted octanol–water partition coefficient (Wildman–Crippen LogP) is 12.0. The maximum Gasteiger partial charge on any atom is 0.494 e. The standard InChI is InChI=1S/C29H28N4O6.C18H24BNO4.C17H16ClN3O4.C10H15BN2O5.C10H13BrN2O3.C7H6BrNO3.C7H3ClINO.BH3P/c1-33(9-10-34)29(35)24-15-26(36-2)22(17-32-24)27-14-23-28(39-27)21(5-8-31-23)18-3-4-25(19(13-18)16-30)38-20-6-11-37-12-7-20;1-17(2)18(3,4)24-19(23-17)14-5-6-16(13(11-14)12-20)22-15-7-9-21-10-8-15;1-21(5-6-22)17(23)13-8-14(24-2)10(9-20-13)15-7-12-16(25-15)11(18)3-4-19-12;1-13(3-4-14)10(15)8-5-9(18-2)7(6-12-8)11(16)17;1-13(3-4-14)10(15)8-5-9(16-2)7(11)6-12-8;1-11-6-2-7(12-4-10)9-3-5(6)8;8-4-1-2-10-5-3-6(9)11-7(4)5;1-2/h3-5,8,13-15,17,20,34H,6-7,9-12H2,1-2H3;5-6,11,15H,7-10H2,1-4H3;3-4,7-9,22H,5-6H2,1-2H3;5-6,14,16-17H,3-4H2,1-2H3;5-6,14H,3-4H2,1-2H3;2-4H,1H3;1-3H;1H,2H2/i;;;;;;;1D. The summed E-state index contributed by atoms with van der Waals surface area (Å²) in [6.45, 7) is 11.5. The molecule has 13 aromatic rings. The number of fused-ring (bicyclic) bond motifs is 3. The third-order valence-corrected chi connectivity index (χ3v) is 24.7. The van der Waals surface area contributed by atoms with Crippen LogP contribution in [0.5, 0.6) is 46.1 Å². The molecule has 3 saturated heterocycles. The van der Waals surface area contributed by atoms with E-state index in [1.54, 1.807) is 88.3 Å². The molecule has 6 N–H and O–H groups in total. The summed E-state index contributed by atoms with van der Waals surface area (Å²) in [4.78, 5) is 96.8. The van der Waals surface area contributed by atoms with E-state index in [-0.39, 0.29) is 128 Å². The van der Waals surface area contributed by atoms with Crippen molar-refractivity contribution in [2.75, 3.05) is 143 Å². The van der Waals surface area contributed by atoms with Crippen LogP contribution in [0.3, 0.4) is 0 Å². The van der Waals surface area contributed by atoms with Crippen molar-refractivity contribution in [3.05, 3.63) is 209 Å². The fourth-order valence-corrected chi connectivity index (χ4v) is 15.5. The Morgan fingerprint density at radius 2 is 0.898 bits per heavy atom. The number of aliphatic hydroxyl groups is 4. The molecule has 0 saturated carbocycles. The van der Waals surface area contributed by atoms with Gasteiger partial charge in [0.1, 0.15) is 123 Å². The second-order valence-corrected chi connectivity index (χ2v) is 36.2. The Labute approximate surface area is 893 Å². The Morgan fingerprint density at radius 1 is 0.517 bits per heavy atom. The lowest BCUT2D eigenvalue weighted by atomic mass is 9.78. The molecule has 40 nitrogen and oxygen atoms in total. The molecule has 147 heavy (non-hydrogen) atoms. The molecule has 3 aliphatic rings. The van der Waals surface area contributed by atoms with Crippen molar-refractivity contribution in [1.29, 1.82) is 11.9 Å². The number of aliphatic hydroxyl groups excluding tert-OH is 4. The van der Waals surface area contributed by atoms with Crippen LogP contribution in [0, 0.1) is 26.4 Å². The third-order valence-electron chi connectivity index (χ3n) is 22.4. The Kier molecular flexibility index (Phi) is 45.9. The molecule has 14 heterocycles. The highest BCUT2D eigenvalue weighted by Gasteiger charge is 2.52. The van der Waals surface area contributed by atoms with Gasteiger partial charge in [-0.2, -0.15) is 19.6 Å². The first-order chi connectivity index (χ1) is 70.9. The number of amides is 4. The first-order valence-corrected chi connectivity index (χ1v) is 49.0. The molecule has 49 heteroatoms. The largest absolute Gasteiger partial charge is 0.497 e. The van der Waals surface area contributed by atoms with E-state index in [1.165, 1.54) is 119 Å². The first kappa shape index (κ1) is 117. The number of rotatable bonds is 28. The van der Waals surface area contributed by atoms with Crippen LogP contribution in [0.1, 0.15) is 106 Å². The normalized spacial score (nSPS) is 13.2. The predicted molar refractivity (Wildman–Crippen MR) is 568 cm³/mol. The molecule has 4 amide bonds. The van der Waals surface area contributed by atoms with Crippen molar-refractivity contribution in [2.45, 2.75) is 76.8 Å². The lowest BCUT2D eigenvalue weighted by Crippen LogP contribution is -2.41. The summed E-state index contributed by atoms with van der Waals surface area (Å²) >= 11 is 20.5. The van der Waals surface area contributed by atoms with Gasteiger partial charge in [0.25, 0.3) is 30.1 Å². The van der Waals surface area contributed by atoms with Gasteiger partial charge in [0.05, 0.1) is 141 Å². The monoisotopic (exact) mass is 2320 g/mol. The van der Waals surface area contributed by atoms with Gasteiger partial charge < -0.3 is 120 Å². The minimum atomic E-state index is -1.72. The fraction of sp³-hybridized carbons (Fsp3) is 0.337. The zero-order valence-corrected chi connectivity index (χ0v) is 90.3. The molecule has 0 bridgehead atoms. The molecule has 16 rings (SSSR count). The summed E-state index contributed by atoms with van der Waals surface area (Å²) in [7, 11) is 14.8. The Hall–Kier alpha value is -12.3. The van der Waals surface area contributed by atoms with Gasteiger partial charge in [-0.05, 0) is 137 Å². The van der Waals surface area contributed by atoms with Gasteiger partial charge >= 0.3 is 14.2 Å². The smallest absolute Gasteiger partial charge is 0.494 e. The van der Waals surface area contributed by atoms with E-state index in [1.807, 2.05) is 64.1 Å². The summed E-state index contributed by atoms with van der Waals surface area (Å²) in [6, 6.07) is 33.6. The molecule has 11 aromatic heterocycles. The number of nitrogens with zero attached hydrogens (tertiary/aromatic N) is 14. The molecule has 1 radical (unpaired) electrons. The minimum Gasteiger partial charge on any atom is -0.497 e. The van der Waals surface area contributed by atoms with E-state index in [2.05, 4.69) is 120 Å². The van der Waals surface area contributed by atoms with Gasteiger partial charge in [0, 0.05) is 189 Å². The zero-order valence-electron chi connectivity index (χ0n) is 83.3. The Morgan fingerprint density at radius 3 is 1.32 bits per heavy atom. The van der Waals surface area contributed by atoms with Gasteiger partial charge in [-0.1, -0.05) is 35.3 Å². The second-order valence-electron chi connectivity index (χ2n) is 32.6. The number of carbonyl (C=O) groups excluding carboxylic acids is 5. The van der Waals surface area contributed by atoms with E-state index in [0.29, 0.717) is 148 Å². The maximum absolute atomic E-state index is 12.6. The van der Waals surface area contributed by atoms with Crippen molar-refractivity contribution in [3.63, 3.8) is 0 Å². The lowest BCUT2D eigenvalue weighted by Gasteiger charge is -2.32. The molecule has 3 fully saturated rings. The van der Waals surface area contributed by atoms with Crippen LogP contribution in [0.2, 0.25) is 10.0 Å². The fourth-order valence-electron chi connectivity index (χ4n) is 13.8. The molecule has 1 atom stereocenters. The van der Waals surface area contributed by atoms with Crippen LogP contribution >= 0.6 is 86.8 Å². The van der Waals surface area contributed by atoms with Crippen LogP contribution in [0.25, 0.3) is 67.1 Å². The number of aromatic nitrogens is 8. The van der Waals surface area contributed by atoms with E-state index in [9.17, 15) is 34.5 Å². The van der Waals surface area contributed by atoms with Gasteiger partial charge in [-0.3, -0.25) is 53.9 Å². The van der Waals surface area contributed by atoms with Gasteiger partial charge in [-0.15, -0.1) is 0 Å². The number of hydrogen-bond donors (Lipinski definition) is 6. The van der Waals surface area contributed by atoms with Crippen molar-refractivity contribution in [3.8, 4) is 92.0 Å². The van der Waals surface area contributed by atoms with Crippen LogP contribution in [0.4, 0.5) is 0 Å². The molecule has 3 aliphatic heterocycles. The number of benzene rings is 2. The molecular weight excluding hydrogens is 2210 g/mol. The third kappa shape index (κ3) is 32.1. The number of carbonyl (C=O) groups is 5. The number of methoxy groups -OCH3 is 5. The summed E-state index contributed by atoms with van der Waals surface area (Å²) in [5, 5.41) is 74.1. The first-order valence-electron chi connectivity index (χ1n) is 45.4. The summed E-state index contributed by atoms with van der Waals surface area (Å²) in [6.07, 6.45) is 15.6. The van der Waals surface area contributed by atoms with Crippen molar-refractivity contribution >= 4 is 183 Å². The number of halogens is 5. The second kappa shape index (κ2) is 57.9. The maximum atomic E-state index is 12.6. The van der Waals surface area contributed by atoms with Crippen LogP contribution in [-0.2, 0) is 23.6 Å². The molecule has 775 valence electrons. The Balaban J connectivity index is 0.000000199. The topological polar surface area (TPSA) is 521 Å². The van der Waals surface area contributed by atoms with Crippen molar-refractivity contribution < 1.29 is 124 Å². The molecule has 2 aromatic carbocycles. The molecule has 1 unspecified atom stereocenters. The molecular formula is C98H108B3Br2Cl2IN14O26P. The number of hydrogen-bond acceptors (Lipinski definition) is 36. The Bertz CT molecular complexity index is 6740. The van der Waals surface area contributed by atoms with E-state index < -0.39 is 25.4 Å². The highest BCUT2D eigenvalue weighted by molar-refractivity contribution is 14.1. The van der Waals surface area contributed by atoms with Gasteiger partial charge in [0.15, 0.2) is 20.5 Å². The van der Waals surface area contributed by atoms with E-state index in [0.717, 1.165) is 51.6 Å². The number of pyridine rings is 8. The molecule has 0 aliphatic carbocycles. The summed E-state index contributed by atoms with van der Waals surface area (Å²) in [5.41, 5.74) is 8.28. The zero-order chi connectivity index (χ0) is 108. The van der Waals surface area contributed by atoms with E-state index >= 15 is 0 Å². The highest BCUT2D eigenvalue weighted by Crippen LogP contribution is 2.42. The van der Waals surface area contributed by atoms with Crippen LogP contribution in [0.15, 0.2) is 175 Å². The number of nitriles is 2. The average molecular weight is 2320 g/mol. The number of ether oxygens (including phenoxy) is 10. The number of furan rings is 3. The van der Waals surface area contributed by atoms with Gasteiger partial charge in [-0.25, -0.2) is 9.97 Å². The lowest BCUT2D eigenvalue weighted by molar-refractivity contribution is -0.121. The van der Waals surface area contributed by atoms with Crippen molar-refractivity contribution in [1.82, 2.24) is 59.5 Å². The summed E-state index contributed by atoms with van der Waals surface area (Å²) < 4.78 is 90.9. The van der Waals surface area contributed by atoms with Gasteiger partial charge in [0.2, 0.25) is 5.88 Å². The quantitative estimate of drug-likeness (QED) is 0.0115. The van der Waals surface area contributed by atoms with Crippen LogP contribution < -0.4 is 48.8 Å².